The third-order valence-electron chi connectivity index (χ3n) is 1.23. The van der Waals surface area contributed by atoms with Crippen LogP contribution in [0.3, 0.4) is 0 Å². The lowest BCUT2D eigenvalue weighted by atomic mass is 10.3. The molecule has 0 aliphatic carbocycles. The number of rotatable bonds is 0. The van der Waals surface area contributed by atoms with E-state index in [0.29, 0.717) is 0 Å². The second kappa shape index (κ2) is 2.02. The molecule has 2 aromatic rings. The normalized spacial score (nSPS) is 10.0. The molecule has 0 saturated carbocycles. The van der Waals surface area contributed by atoms with E-state index in [4.69, 9.17) is 0 Å². The minimum atomic E-state index is 0.807. The van der Waals surface area contributed by atoms with E-state index in [1.807, 2.05) is 12.1 Å². The van der Waals surface area contributed by atoms with Crippen molar-refractivity contribution in [3.8, 4) is 0 Å². The van der Waals surface area contributed by atoms with Gasteiger partial charge in [0.05, 0.1) is 5.52 Å². The molecule has 0 saturated heterocycles. The molecule has 0 aliphatic heterocycles. The van der Waals surface area contributed by atoms with Gasteiger partial charge in [0, 0.05) is 6.20 Å². The van der Waals surface area contributed by atoms with Gasteiger partial charge in [-0.25, -0.2) is 0 Å². The maximum absolute atomic E-state index is 4.05. The van der Waals surface area contributed by atoms with Gasteiger partial charge in [-0.15, -0.1) is 10.2 Å². The van der Waals surface area contributed by atoms with Gasteiger partial charge < -0.3 is 0 Å². The second-order valence-electron chi connectivity index (χ2n) is 1.88. The average Bonchev–Trinajstić information content (AvgIpc) is 2.05. The van der Waals surface area contributed by atoms with E-state index in [0.717, 1.165) is 11.0 Å². The molecule has 10 heavy (non-hydrogen) atoms. The van der Waals surface area contributed by atoms with Crippen molar-refractivity contribution in [2.45, 2.75) is 0 Å². The number of nitrogens with zero attached hydrogens (tertiary/aromatic N) is 3. The van der Waals surface area contributed by atoms with Crippen molar-refractivity contribution in [1.82, 2.24) is 15.2 Å². The molecule has 0 atom stereocenters. The molecule has 3 nitrogen and oxygen atoms in total. The minimum Gasteiger partial charge on any atom is -0.254 e. The highest BCUT2D eigenvalue weighted by Gasteiger charge is 1.89. The van der Waals surface area contributed by atoms with E-state index in [1.165, 1.54) is 0 Å². The summed E-state index contributed by atoms with van der Waals surface area (Å²) in [6.07, 6.45) is 4.33. The molecule has 0 aliphatic rings. The van der Waals surface area contributed by atoms with Crippen molar-refractivity contribution in [1.29, 1.82) is 0 Å². The van der Waals surface area contributed by atoms with Gasteiger partial charge >= 0.3 is 0 Å². The smallest absolute Gasteiger partial charge is 0.115 e. The summed E-state index contributed by atoms with van der Waals surface area (Å²) >= 11 is 0. The fourth-order valence-corrected chi connectivity index (χ4v) is 0.778. The fourth-order valence-electron chi connectivity index (χ4n) is 0.778. The van der Waals surface area contributed by atoms with E-state index in [9.17, 15) is 0 Å². The molecule has 0 aromatic carbocycles. The maximum atomic E-state index is 4.05. The van der Waals surface area contributed by atoms with Crippen LogP contribution >= 0.6 is 0 Å². The molecule has 0 bridgehead atoms. The average molecular weight is 130 g/mol. The van der Waals surface area contributed by atoms with E-state index in [1.54, 1.807) is 12.3 Å². The summed E-state index contributed by atoms with van der Waals surface area (Å²) < 4.78 is 0. The van der Waals surface area contributed by atoms with Crippen LogP contribution in [-0.2, 0) is 0 Å². The van der Waals surface area contributed by atoms with Crippen molar-refractivity contribution in [2.75, 3.05) is 0 Å². The van der Waals surface area contributed by atoms with Gasteiger partial charge in [0.1, 0.15) is 11.7 Å². The molecule has 0 fully saturated rings. The molecule has 2 aromatic heterocycles. The van der Waals surface area contributed by atoms with E-state index >= 15 is 0 Å². The topological polar surface area (TPSA) is 38.7 Å². The van der Waals surface area contributed by atoms with Crippen LogP contribution in [0.15, 0.2) is 24.4 Å². The first-order valence-corrected chi connectivity index (χ1v) is 2.91. The zero-order valence-corrected chi connectivity index (χ0v) is 5.15. The quantitative estimate of drug-likeness (QED) is 0.530. The Bertz CT molecular complexity index is 280. The number of pyridine rings is 1. The van der Waals surface area contributed by atoms with Crippen LogP contribution in [0.4, 0.5) is 0 Å². The molecule has 3 heteroatoms. The van der Waals surface area contributed by atoms with E-state index in [-0.39, 0.29) is 0 Å². The van der Waals surface area contributed by atoms with Crippen molar-refractivity contribution >= 4 is 11.0 Å². The van der Waals surface area contributed by atoms with Crippen LogP contribution < -0.4 is 0 Å². The van der Waals surface area contributed by atoms with Crippen LogP contribution in [0.2, 0.25) is 0 Å². The molecule has 0 N–H and O–H groups in total. The summed E-state index contributed by atoms with van der Waals surface area (Å²) in [6, 6.07) is 5.41. The zero-order valence-electron chi connectivity index (χ0n) is 5.15. The highest BCUT2D eigenvalue weighted by molar-refractivity contribution is 5.71. The number of hydrogen-bond donors (Lipinski definition) is 0. The predicted octanol–water partition coefficient (Wildman–Crippen LogP) is 0.825. The van der Waals surface area contributed by atoms with Gasteiger partial charge in [0.15, 0.2) is 0 Å². The lowest BCUT2D eigenvalue weighted by Gasteiger charge is -1.89. The third kappa shape index (κ3) is 0.719. The van der Waals surface area contributed by atoms with Gasteiger partial charge in [-0.3, -0.25) is 4.98 Å². The summed E-state index contributed by atoms with van der Waals surface area (Å²) in [4.78, 5) is 4.05. The largest absolute Gasteiger partial charge is 0.254 e. The molecule has 47 valence electrons. The predicted molar refractivity (Wildman–Crippen MR) is 36.2 cm³/mol. The van der Waals surface area contributed by atoms with Gasteiger partial charge in [0.25, 0.3) is 0 Å². The minimum absolute atomic E-state index is 0.807. The van der Waals surface area contributed by atoms with E-state index < -0.39 is 0 Å². The zero-order chi connectivity index (χ0) is 6.81. The Kier molecular flexibility index (Phi) is 1.07. The Labute approximate surface area is 57.7 Å². The van der Waals surface area contributed by atoms with Crippen LogP contribution in [0.5, 0.6) is 0 Å². The molecule has 2 rings (SSSR count). The van der Waals surface area contributed by atoms with Crippen molar-refractivity contribution < 1.29 is 0 Å². The number of hydrogen-bond acceptors (Lipinski definition) is 3. The Balaban J connectivity index is 2.89. The third-order valence-corrected chi connectivity index (χ3v) is 1.23. The van der Waals surface area contributed by atoms with E-state index in [2.05, 4.69) is 21.4 Å². The van der Waals surface area contributed by atoms with Crippen LogP contribution in [0, 0.1) is 6.20 Å². The van der Waals surface area contributed by atoms with Crippen LogP contribution in [0.1, 0.15) is 0 Å². The Morgan fingerprint density at radius 3 is 3.20 bits per heavy atom. The molecular formula is C7H4N3. The first-order valence-electron chi connectivity index (χ1n) is 2.91. The summed E-state index contributed by atoms with van der Waals surface area (Å²) in [5.41, 5.74) is 1.64. The molecule has 1 radical (unpaired) electrons. The van der Waals surface area contributed by atoms with Crippen LogP contribution in [-0.4, -0.2) is 15.2 Å². The number of aromatic nitrogens is 3. The summed E-state index contributed by atoms with van der Waals surface area (Å²) in [5, 5.41) is 7.41. The number of fused-ring (bicyclic) bond motifs is 1. The second-order valence-corrected chi connectivity index (χ2v) is 1.88. The van der Waals surface area contributed by atoms with Gasteiger partial charge in [-0.2, -0.15) is 0 Å². The molecule has 0 unspecified atom stereocenters. The molecular weight excluding hydrogens is 126 g/mol. The van der Waals surface area contributed by atoms with Gasteiger partial charge in [-0.1, -0.05) is 0 Å². The van der Waals surface area contributed by atoms with Gasteiger partial charge in [-0.05, 0) is 18.2 Å². The summed E-state index contributed by atoms with van der Waals surface area (Å²) in [5.74, 6) is 0. The lowest BCUT2D eigenvalue weighted by Crippen LogP contribution is -1.83. The van der Waals surface area contributed by atoms with Crippen LogP contribution in [0.25, 0.3) is 11.0 Å². The lowest BCUT2D eigenvalue weighted by molar-refractivity contribution is 1.06. The van der Waals surface area contributed by atoms with Crippen molar-refractivity contribution in [3.05, 3.63) is 30.6 Å². The van der Waals surface area contributed by atoms with Crippen molar-refractivity contribution in [2.24, 2.45) is 0 Å². The SMILES string of the molecule is [c]1cc2ncccc2nn1. The first-order chi connectivity index (χ1) is 4.97. The Morgan fingerprint density at radius 2 is 2.30 bits per heavy atom. The Morgan fingerprint density at radius 1 is 1.30 bits per heavy atom. The molecule has 2 heterocycles. The highest BCUT2D eigenvalue weighted by atomic mass is 15.1. The standard InChI is InChI=1S/C7H4N3/c1-2-7-6(8-4-1)3-5-9-10-7/h1-4H. The molecule has 0 spiro atoms. The Hall–Kier alpha value is -1.51. The first kappa shape index (κ1) is 5.29. The van der Waals surface area contributed by atoms with Crippen molar-refractivity contribution in [3.63, 3.8) is 0 Å². The fraction of sp³-hybridized carbons (Fsp3) is 0. The monoisotopic (exact) mass is 130 g/mol. The maximum Gasteiger partial charge on any atom is 0.115 e. The summed E-state index contributed by atoms with van der Waals surface area (Å²) in [6.45, 7) is 0. The molecule has 0 amide bonds. The summed E-state index contributed by atoms with van der Waals surface area (Å²) in [7, 11) is 0. The van der Waals surface area contributed by atoms with Gasteiger partial charge in [0.2, 0.25) is 0 Å². The highest BCUT2D eigenvalue weighted by Crippen LogP contribution is 2.02.